The fourth-order valence-electron chi connectivity index (χ4n) is 3.47. The lowest BCUT2D eigenvalue weighted by Crippen LogP contribution is -2.34. The Hall–Kier alpha value is -1.75. The largest absolute Gasteiger partial charge is 0.323 e. The second kappa shape index (κ2) is 8.32. The smallest absolute Gasteiger partial charge is 0.257 e. The van der Waals surface area contributed by atoms with Crippen LogP contribution in [0.1, 0.15) is 53.6 Å². The van der Waals surface area contributed by atoms with Gasteiger partial charge in [0.2, 0.25) is 0 Å². The van der Waals surface area contributed by atoms with Crippen LogP contribution in [0.2, 0.25) is 0 Å². The zero-order chi connectivity index (χ0) is 20.5. The van der Waals surface area contributed by atoms with E-state index in [0.717, 1.165) is 34.3 Å². The van der Waals surface area contributed by atoms with Crippen LogP contribution < -0.4 is 10.6 Å². The van der Waals surface area contributed by atoms with Gasteiger partial charge in [0, 0.05) is 14.9 Å². The summed E-state index contributed by atoms with van der Waals surface area (Å²) in [4.78, 5) is 13.6. The molecular formula is C21H22BrN3OS2. The van der Waals surface area contributed by atoms with Gasteiger partial charge in [-0.25, -0.2) is 0 Å². The fraction of sp³-hybridized carbons (Fsp3) is 0.381. The van der Waals surface area contributed by atoms with Crippen LogP contribution in [0.25, 0.3) is 0 Å². The molecule has 1 aliphatic rings. The molecule has 3 rings (SSSR count). The number of nitrogens with zero attached hydrogens (tertiary/aromatic N) is 1. The third-order valence-corrected chi connectivity index (χ3v) is 7.01. The van der Waals surface area contributed by atoms with Crippen molar-refractivity contribution in [3.8, 4) is 6.07 Å². The molecule has 1 amide bonds. The van der Waals surface area contributed by atoms with Crippen LogP contribution in [-0.4, -0.2) is 11.0 Å². The Balaban J connectivity index is 1.74. The molecule has 0 radical (unpaired) electrons. The predicted octanol–water partition coefficient (Wildman–Crippen LogP) is 5.66. The van der Waals surface area contributed by atoms with Gasteiger partial charge >= 0.3 is 0 Å². The number of amides is 1. The quantitative estimate of drug-likeness (QED) is 0.549. The van der Waals surface area contributed by atoms with Gasteiger partial charge in [0.15, 0.2) is 5.11 Å². The Labute approximate surface area is 183 Å². The highest BCUT2D eigenvalue weighted by molar-refractivity contribution is 9.10. The van der Waals surface area contributed by atoms with Gasteiger partial charge in [-0.05, 0) is 66.6 Å². The van der Waals surface area contributed by atoms with E-state index in [1.54, 1.807) is 29.5 Å². The van der Waals surface area contributed by atoms with E-state index in [-0.39, 0.29) is 16.4 Å². The monoisotopic (exact) mass is 475 g/mol. The first-order chi connectivity index (χ1) is 13.2. The average molecular weight is 476 g/mol. The van der Waals surface area contributed by atoms with Gasteiger partial charge < -0.3 is 5.32 Å². The van der Waals surface area contributed by atoms with Crippen molar-refractivity contribution in [3.63, 3.8) is 0 Å². The summed E-state index contributed by atoms with van der Waals surface area (Å²) in [6.07, 6.45) is 2.98. The second-order valence-electron chi connectivity index (χ2n) is 8.04. The number of nitriles is 1. The Morgan fingerprint density at radius 1 is 1.39 bits per heavy atom. The van der Waals surface area contributed by atoms with Gasteiger partial charge in [-0.2, -0.15) is 5.26 Å². The van der Waals surface area contributed by atoms with Crippen LogP contribution in [0, 0.1) is 22.7 Å². The highest BCUT2D eigenvalue weighted by Crippen LogP contribution is 2.43. The molecule has 0 unspecified atom stereocenters. The van der Waals surface area contributed by atoms with E-state index in [9.17, 15) is 10.1 Å². The van der Waals surface area contributed by atoms with Crippen LogP contribution in [0.4, 0.5) is 5.00 Å². The van der Waals surface area contributed by atoms with Crippen LogP contribution in [-0.2, 0) is 12.8 Å². The molecule has 1 atom stereocenters. The number of anilines is 1. The molecule has 1 heterocycles. The number of thiocarbonyl (C=S) groups is 1. The molecule has 2 aromatic rings. The molecule has 1 aliphatic carbocycles. The van der Waals surface area contributed by atoms with E-state index < -0.39 is 0 Å². The lowest BCUT2D eigenvalue weighted by molar-refractivity contribution is 0.0977. The predicted molar refractivity (Wildman–Crippen MR) is 122 cm³/mol. The zero-order valence-corrected chi connectivity index (χ0v) is 19.3. The number of benzene rings is 1. The minimum Gasteiger partial charge on any atom is -0.323 e. The van der Waals surface area contributed by atoms with Gasteiger partial charge in [0.05, 0.1) is 5.56 Å². The minimum atomic E-state index is -0.286. The second-order valence-corrected chi connectivity index (χ2v) is 10.5. The van der Waals surface area contributed by atoms with Gasteiger partial charge in [-0.3, -0.25) is 10.1 Å². The Bertz CT molecular complexity index is 969. The number of halogens is 1. The summed E-state index contributed by atoms with van der Waals surface area (Å²) < 4.78 is 0.824. The first kappa shape index (κ1) is 21.0. The lowest BCUT2D eigenvalue weighted by Gasteiger charge is -2.33. The third kappa shape index (κ3) is 4.62. The average Bonchev–Trinajstić information content (AvgIpc) is 2.96. The van der Waals surface area contributed by atoms with Crippen molar-refractivity contribution in [2.45, 2.75) is 40.0 Å². The van der Waals surface area contributed by atoms with E-state index in [4.69, 9.17) is 12.2 Å². The van der Waals surface area contributed by atoms with Crippen molar-refractivity contribution in [2.75, 3.05) is 5.32 Å². The first-order valence-electron chi connectivity index (χ1n) is 9.11. The van der Waals surface area contributed by atoms with Crippen molar-refractivity contribution >= 4 is 55.5 Å². The highest BCUT2D eigenvalue weighted by Gasteiger charge is 2.32. The van der Waals surface area contributed by atoms with Crippen LogP contribution in [0.15, 0.2) is 28.7 Å². The van der Waals surface area contributed by atoms with Crippen LogP contribution in [0.5, 0.6) is 0 Å². The topological polar surface area (TPSA) is 64.9 Å². The number of carbonyl (C=O) groups excluding carboxylic acids is 1. The van der Waals surface area contributed by atoms with Crippen molar-refractivity contribution in [2.24, 2.45) is 11.3 Å². The van der Waals surface area contributed by atoms with Crippen LogP contribution in [0.3, 0.4) is 0 Å². The molecule has 1 aromatic carbocycles. The third-order valence-electron chi connectivity index (χ3n) is 5.14. The van der Waals surface area contributed by atoms with Gasteiger partial charge in [-0.15, -0.1) is 11.3 Å². The molecule has 0 fully saturated rings. The summed E-state index contributed by atoms with van der Waals surface area (Å²) in [6.45, 7) is 6.81. The molecule has 0 saturated heterocycles. The number of hydrogen-bond donors (Lipinski definition) is 2. The van der Waals surface area contributed by atoms with Crippen molar-refractivity contribution < 1.29 is 4.79 Å². The molecule has 7 heteroatoms. The zero-order valence-electron chi connectivity index (χ0n) is 16.1. The molecule has 2 N–H and O–H groups in total. The fourth-order valence-corrected chi connectivity index (χ4v) is 5.41. The van der Waals surface area contributed by atoms with Crippen LogP contribution >= 0.6 is 39.5 Å². The molecule has 0 bridgehead atoms. The van der Waals surface area contributed by atoms with Crippen molar-refractivity contribution in [1.29, 1.82) is 5.26 Å². The summed E-state index contributed by atoms with van der Waals surface area (Å²) >= 11 is 10.3. The summed E-state index contributed by atoms with van der Waals surface area (Å²) in [7, 11) is 0. The number of fused-ring (bicyclic) bond motifs is 1. The molecule has 0 saturated carbocycles. The summed E-state index contributed by atoms with van der Waals surface area (Å²) in [5, 5.41) is 16.4. The number of nitrogens with one attached hydrogen (secondary N) is 2. The Morgan fingerprint density at radius 3 is 2.79 bits per heavy atom. The SMILES string of the molecule is CC(C)(C)[C@@H]1CCc2c(sc(NC(=S)NC(=O)c3cccc(Br)c3)c2C#N)C1. The highest BCUT2D eigenvalue weighted by atomic mass is 79.9. The maximum atomic E-state index is 12.4. The number of rotatable bonds is 2. The van der Waals surface area contributed by atoms with E-state index in [1.165, 1.54) is 4.88 Å². The van der Waals surface area contributed by atoms with E-state index in [1.807, 2.05) is 6.07 Å². The van der Waals surface area contributed by atoms with Gasteiger partial charge in [0.1, 0.15) is 11.1 Å². The van der Waals surface area contributed by atoms with Gasteiger partial charge in [0.25, 0.3) is 5.91 Å². The normalized spacial score (nSPS) is 16.0. The maximum Gasteiger partial charge on any atom is 0.257 e. The minimum absolute atomic E-state index is 0.201. The summed E-state index contributed by atoms with van der Waals surface area (Å²) in [6, 6.07) is 9.43. The number of hydrogen-bond acceptors (Lipinski definition) is 4. The Kier molecular flexibility index (Phi) is 6.23. The van der Waals surface area contributed by atoms with Crippen molar-refractivity contribution in [3.05, 3.63) is 50.3 Å². The summed E-state index contributed by atoms with van der Waals surface area (Å²) in [5.74, 6) is 0.313. The first-order valence-corrected chi connectivity index (χ1v) is 11.1. The van der Waals surface area contributed by atoms with E-state index in [0.29, 0.717) is 17.0 Å². The number of carbonyl (C=O) groups is 1. The van der Waals surface area contributed by atoms with Crippen molar-refractivity contribution in [1.82, 2.24) is 5.32 Å². The molecule has 146 valence electrons. The molecule has 0 aliphatic heterocycles. The molecule has 1 aromatic heterocycles. The standard InChI is InChI=1S/C21H22BrN3OS2/c1-21(2,3)13-7-8-15-16(11-23)19(28-17(15)10-13)25-20(27)24-18(26)12-5-4-6-14(22)9-12/h4-6,9,13H,7-8,10H2,1-3H3,(H2,24,25,26,27)/t13-/m1/s1. The molecule has 0 spiro atoms. The lowest BCUT2D eigenvalue weighted by atomic mass is 9.72. The maximum absolute atomic E-state index is 12.4. The molecule has 4 nitrogen and oxygen atoms in total. The van der Waals surface area contributed by atoms with Gasteiger partial charge in [-0.1, -0.05) is 42.8 Å². The molecular weight excluding hydrogens is 454 g/mol. The summed E-state index contributed by atoms with van der Waals surface area (Å²) in [5.41, 5.74) is 2.55. The molecule has 28 heavy (non-hydrogen) atoms. The Morgan fingerprint density at radius 2 is 2.14 bits per heavy atom. The van der Waals surface area contributed by atoms with E-state index in [2.05, 4.69) is 53.4 Å². The van der Waals surface area contributed by atoms with E-state index >= 15 is 0 Å². The number of thiophene rings is 1.